The Morgan fingerprint density at radius 3 is 1.35 bits per heavy atom. The van der Waals surface area contributed by atoms with E-state index >= 15 is 0 Å². The van der Waals surface area contributed by atoms with Crippen molar-refractivity contribution in [3.05, 3.63) is 97.6 Å². The van der Waals surface area contributed by atoms with Gasteiger partial charge in [-0.05, 0) is 107 Å². The molecule has 0 radical (unpaired) electrons. The van der Waals surface area contributed by atoms with Crippen molar-refractivity contribution in [3.8, 4) is 11.8 Å². The second-order valence-corrected chi connectivity index (χ2v) is 25.0. The van der Waals surface area contributed by atoms with Crippen LogP contribution in [0, 0.1) is 37.5 Å². The third-order valence-corrected chi connectivity index (χ3v) is 18.7. The van der Waals surface area contributed by atoms with Crippen LogP contribution in [-0.4, -0.2) is 97.0 Å². The van der Waals surface area contributed by atoms with E-state index in [1.807, 2.05) is 0 Å². The summed E-state index contributed by atoms with van der Waals surface area (Å²) in [6, 6.07) is 14.4. The number of carbonyl (C=O) groups excluding carboxylic acids is 2. The zero-order valence-corrected chi connectivity index (χ0v) is 53.4. The molecule has 2 heterocycles. The van der Waals surface area contributed by atoms with Gasteiger partial charge in [0.15, 0.2) is 5.69 Å². The first-order valence-electron chi connectivity index (χ1n) is 30.1. The monoisotopic (exact) mass is 1200 g/mol. The number of hydrogen-bond donors (Lipinski definition) is 5. The normalized spacial score (nSPS) is 13.2. The van der Waals surface area contributed by atoms with Crippen molar-refractivity contribution >= 4 is 49.0 Å². The minimum atomic E-state index is -3.97. The Kier molecular flexibility index (Phi) is 33.6. The predicted octanol–water partition coefficient (Wildman–Crippen LogP) is 13.7. The molecular weight excluding hydrogens is 1100 g/mol. The molecule has 0 saturated heterocycles. The number of pyridine rings is 2. The quantitative estimate of drug-likeness (QED) is 0.0165. The van der Waals surface area contributed by atoms with Crippen LogP contribution >= 0.6 is 0 Å². The Morgan fingerprint density at radius 2 is 0.952 bits per heavy atom. The molecule has 0 fully saturated rings. The van der Waals surface area contributed by atoms with Crippen molar-refractivity contribution in [3.63, 3.8) is 0 Å². The average Bonchev–Trinajstić information content (AvgIpc) is 3.57. The Labute approximate surface area is 495 Å². The van der Waals surface area contributed by atoms with Crippen LogP contribution in [0.4, 0.5) is 17.1 Å². The highest BCUT2D eigenvalue weighted by atomic mass is 32.2. The van der Waals surface area contributed by atoms with Gasteiger partial charge in [-0.1, -0.05) is 157 Å². The maximum atomic E-state index is 14.3. The summed E-state index contributed by atoms with van der Waals surface area (Å²) in [5.74, 6) is -1.28. The number of nitrogen functional groups attached to an aromatic ring is 1. The molecule has 466 valence electrons. The largest absolute Gasteiger partial charge is 0.494 e. The molecule has 21 heteroatoms. The van der Waals surface area contributed by atoms with Crippen LogP contribution in [-0.2, 0) is 29.5 Å². The molecule has 0 bridgehead atoms. The van der Waals surface area contributed by atoms with Crippen molar-refractivity contribution in [2.45, 2.75) is 196 Å². The number of esters is 2. The number of unbranched alkanes of at least 4 members (excludes halogenated alkanes) is 4. The summed E-state index contributed by atoms with van der Waals surface area (Å²) in [5.41, 5.74) is 5.24. The van der Waals surface area contributed by atoms with E-state index in [4.69, 9.17) is 15.2 Å². The third-order valence-electron chi connectivity index (χ3n) is 14.9. The molecule has 0 aliphatic carbocycles. The number of nitrogens with two attached hydrogens (primary N) is 1. The molecule has 19 nitrogen and oxygen atoms in total. The summed E-state index contributed by atoms with van der Waals surface area (Å²) in [4.78, 5) is 51.8. The molecule has 83 heavy (non-hydrogen) atoms. The predicted molar refractivity (Wildman–Crippen MR) is 331 cm³/mol. The van der Waals surface area contributed by atoms with Gasteiger partial charge in [0.05, 0.1) is 18.9 Å². The maximum Gasteiger partial charge on any atom is 0.343 e. The fourth-order valence-corrected chi connectivity index (χ4v) is 13.0. The number of aromatic nitrogens is 2. The molecule has 0 spiro atoms. The lowest BCUT2D eigenvalue weighted by atomic mass is 9.97. The van der Waals surface area contributed by atoms with Gasteiger partial charge in [-0.3, -0.25) is 19.6 Å². The molecular formula is C62H99N7O12S2. The van der Waals surface area contributed by atoms with Gasteiger partial charge in [0.25, 0.3) is 11.1 Å². The molecule has 0 aliphatic heterocycles. The van der Waals surface area contributed by atoms with Gasteiger partial charge >= 0.3 is 11.9 Å². The molecule has 4 unspecified atom stereocenters. The number of rotatable bonds is 34. The van der Waals surface area contributed by atoms with Crippen molar-refractivity contribution in [2.24, 2.45) is 33.9 Å². The first kappa shape index (κ1) is 73.2. The summed E-state index contributed by atoms with van der Waals surface area (Å²) in [6.45, 7) is 25.8. The summed E-state index contributed by atoms with van der Waals surface area (Å²) >= 11 is 0. The number of hydrogen-bond acceptors (Lipinski definition) is 15. The molecule has 6 N–H and O–H groups in total. The Balaban J connectivity index is 0.000000485. The zero-order chi connectivity index (χ0) is 62.3. The number of para-hydroxylation sites is 1. The first-order valence-corrected chi connectivity index (χ1v) is 33.0. The summed E-state index contributed by atoms with van der Waals surface area (Å²) in [7, 11) is -7.56. The highest BCUT2D eigenvalue weighted by Gasteiger charge is 2.32. The van der Waals surface area contributed by atoms with Gasteiger partial charge in [0.2, 0.25) is 31.8 Å². The standard InChI is InChI=1S/C31H48N4O6S.C22H40N2O2S.C9H11NO4/c1-7-12-16-23(9-3)20-35(21-24(10-4)17-13-8-2)42(39,40)26-19-15-14-18-25(26)33-34-28-22(6)27(31(38)41-11-5)29(36)32-30(28)37;1-5-9-13-19(7-3)17-24(18-20(8-4)14-10-6-2)27(25,26)22-16-12-11-15-21(22)23;1-3-14-9(13)7-5(2)4-6(11)10-8(7)12/h14-15,18-19,23-24H,7-13,16-17,20-21H2,1-6H3,(H2,32,36,37);11-12,15-16,19-20H,5-10,13-14,17-18,23H2,1-4H3;4H,3H2,1-2H3,(H2,10,11,12). The SMILES string of the molecule is CCCCC(CC)CN(CC(CC)CCCC)S(=O)(=O)c1ccccc1N.CCCCC(CC)CN(CC(CC)CCCC)S(=O)(=O)c1ccccc1N=Nc1c(C)c(C(=O)OCC)c(O)[nH]c1=O.CCOC(=O)c1c(C)cc(=O)[nH]c1O. The fourth-order valence-electron chi connectivity index (χ4n) is 9.62. The average molecular weight is 1200 g/mol. The number of sulfonamides is 2. The van der Waals surface area contributed by atoms with Gasteiger partial charge in [0, 0.05) is 37.8 Å². The molecule has 0 saturated carbocycles. The number of H-pyrrole nitrogens is 2. The lowest BCUT2D eigenvalue weighted by Gasteiger charge is -2.30. The van der Waals surface area contributed by atoms with E-state index in [2.05, 4.69) is 75.6 Å². The number of nitrogens with zero attached hydrogens (tertiary/aromatic N) is 4. The van der Waals surface area contributed by atoms with E-state index in [9.17, 15) is 46.2 Å². The van der Waals surface area contributed by atoms with Crippen LogP contribution < -0.4 is 16.9 Å². The first-order chi connectivity index (χ1) is 39.5. The van der Waals surface area contributed by atoms with E-state index in [-0.39, 0.29) is 62.9 Å². The van der Waals surface area contributed by atoms with Gasteiger partial charge in [-0.25, -0.2) is 26.4 Å². The van der Waals surface area contributed by atoms with E-state index < -0.39 is 54.9 Å². The second kappa shape index (κ2) is 38.1. The lowest BCUT2D eigenvalue weighted by molar-refractivity contribution is 0.0511. The van der Waals surface area contributed by atoms with Crippen molar-refractivity contribution in [2.75, 3.05) is 45.1 Å². The number of azo groups is 1. The van der Waals surface area contributed by atoms with Crippen LogP contribution in [0.15, 0.2) is 84.2 Å². The number of ether oxygens (including phenoxy) is 2. The number of benzene rings is 2. The lowest BCUT2D eigenvalue weighted by Crippen LogP contribution is -2.39. The van der Waals surface area contributed by atoms with Gasteiger partial charge in [-0.2, -0.15) is 8.61 Å². The number of aryl methyl sites for hydroxylation is 1. The van der Waals surface area contributed by atoms with E-state index in [0.29, 0.717) is 49.3 Å². The Bertz CT molecular complexity index is 2920. The van der Waals surface area contributed by atoms with Crippen molar-refractivity contribution in [1.82, 2.24) is 18.6 Å². The summed E-state index contributed by atoms with van der Waals surface area (Å²) in [5, 5.41) is 27.7. The van der Waals surface area contributed by atoms with Crippen LogP contribution in [0.5, 0.6) is 11.8 Å². The molecule has 0 amide bonds. The van der Waals surface area contributed by atoms with Gasteiger partial charge in [0.1, 0.15) is 26.6 Å². The van der Waals surface area contributed by atoms with Crippen LogP contribution in [0.3, 0.4) is 0 Å². The summed E-state index contributed by atoms with van der Waals surface area (Å²) in [6.07, 6.45) is 16.6. The Hall–Kier alpha value is -5.90. The molecule has 4 rings (SSSR count). The highest BCUT2D eigenvalue weighted by molar-refractivity contribution is 7.89. The Morgan fingerprint density at radius 1 is 0.566 bits per heavy atom. The summed E-state index contributed by atoms with van der Waals surface area (Å²) < 4.78 is 68.5. The fraction of sp³-hybridized carbons (Fsp3) is 0.613. The van der Waals surface area contributed by atoms with Gasteiger partial charge < -0.3 is 25.4 Å². The highest BCUT2D eigenvalue weighted by Crippen LogP contribution is 2.33. The smallest absolute Gasteiger partial charge is 0.343 e. The topological polar surface area (TPSA) is 284 Å². The van der Waals surface area contributed by atoms with Crippen molar-refractivity contribution in [1.29, 1.82) is 0 Å². The minimum absolute atomic E-state index is 0.00270. The molecule has 4 aromatic rings. The van der Waals surface area contributed by atoms with E-state index in [0.717, 1.165) is 103 Å². The van der Waals surface area contributed by atoms with E-state index in [1.54, 1.807) is 65.8 Å². The number of carbonyl (C=O) groups is 2. The molecule has 4 atom stereocenters. The molecule has 0 aliphatic rings. The van der Waals surface area contributed by atoms with Gasteiger partial charge in [-0.15, -0.1) is 10.2 Å². The molecule has 2 aromatic heterocycles. The van der Waals surface area contributed by atoms with Crippen LogP contribution in [0.2, 0.25) is 0 Å². The molecule has 2 aromatic carbocycles. The number of anilines is 1. The zero-order valence-electron chi connectivity index (χ0n) is 51.7. The van der Waals surface area contributed by atoms with E-state index in [1.165, 1.54) is 25.1 Å². The maximum absolute atomic E-state index is 14.3. The van der Waals surface area contributed by atoms with Crippen molar-refractivity contribution < 1.29 is 46.1 Å². The number of aromatic amines is 2. The third kappa shape index (κ3) is 22.9. The number of aromatic hydroxyl groups is 2. The van der Waals surface area contributed by atoms with Crippen LogP contribution in [0.25, 0.3) is 0 Å². The second-order valence-electron chi connectivity index (χ2n) is 21.1. The minimum Gasteiger partial charge on any atom is -0.494 e. The van der Waals surface area contributed by atoms with Crippen LogP contribution in [0.1, 0.15) is 204 Å². The number of nitrogens with one attached hydrogen (secondary N) is 2.